The van der Waals surface area contributed by atoms with Crippen molar-refractivity contribution in [2.75, 3.05) is 7.11 Å². The van der Waals surface area contributed by atoms with Crippen molar-refractivity contribution in [3.63, 3.8) is 0 Å². The van der Waals surface area contributed by atoms with E-state index in [0.29, 0.717) is 0 Å². The van der Waals surface area contributed by atoms with Crippen LogP contribution in [-0.2, 0) is 6.42 Å². The number of ether oxygens (including phenoxy) is 1. The molecule has 2 nitrogen and oxygen atoms in total. The van der Waals surface area contributed by atoms with Crippen LogP contribution >= 0.6 is 0 Å². The number of hydrogen-bond acceptors (Lipinski definition) is 2. The quantitative estimate of drug-likeness (QED) is 0.888. The second-order valence-corrected chi connectivity index (χ2v) is 6.95. The van der Waals surface area contributed by atoms with Gasteiger partial charge in [-0.1, -0.05) is 24.1 Å². The highest BCUT2D eigenvalue weighted by Crippen LogP contribution is 2.49. The Hall–Kier alpha value is -1.02. The minimum Gasteiger partial charge on any atom is -0.496 e. The van der Waals surface area contributed by atoms with Gasteiger partial charge in [0.1, 0.15) is 5.75 Å². The lowest BCUT2D eigenvalue weighted by atomic mass is 9.83. The molecule has 0 aliphatic heterocycles. The maximum absolute atomic E-state index is 6.44. The van der Waals surface area contributed by atoms with Gasteiger partial charge in [-0.2, -0.15) is 0 Å². The molecule has 2 heteroatoms. The summed E-state index contributed by atoms with van der Waals surface area (Å²) in [5.74, 6) is 3.87. The van der Waals surface area contributed by atoms with Crippen molar-refractivity contribution in [2.24, 2.45) is 23.5 Å². The molecule has 4 unspecified atom stereocenters. The first-order valence-corrected chi connectivity index (χ1v) is 8.04. The van der Waals surface area contributed by atoms with Crippen LogP contribution in [0.1, 0.15) is 43.2 Å². The fraction of sp³-hybridized carbons (Fsp3) is 0.667. The Morgan fingerprint density at radius 3 is 2.80 bits per heavy atom. The molecule has 4 atom stereocenters. The Labute approximate surface area is 122 Å². The van der Waals surface area contributed by atoms with Gasteiger partial charge in [0.25, 0.3) is 0 Å². The van der Waals surface area contributed by atoms with Crippen LogP contribution in [0.3, 0.4) is 0 Å². The molecular formula is C18H27NO. The molecule has 1 aromatic rings. The maximum Gasteiger partial charge on any atom is 0.122 e. The van der Waals surface area contributed by atoms with Crippen molar-refractivity contribution in [1.82, 2.24) is 0 Å². The number of benzene rings is 1. The van der Waals surface area contributed by atoms with Gasteiger partial charge in [-0.25, -0.2) is 0 Å². The molecule has 0 aromatic heterocycles. The third-order valence-electron chi connectivity index (χ3n) is 5.41. The number of fused-ring (bicyclic) bond motifs is 2. The summed E-state index contributed by atoms with van der Waals surface area (Å²) in [7, 11) is 1.75. The van der Waals surface area contributed by atoms with Crippen molar-refractivity contribution in [3.8, 4) is 5.75 Å². The zero-order valence-corrected chi connectivity index (χ0v) is 12.8. The number of hydrogen-bond donors (Lipinski definition) is 1. The summed E-state index contributed by atoms with van der Waals surface area (Å²) in [6.45, 7) is 2.13. The molecule has 2 bridgehead atoms. The lowest BCUT2D eigenvalue weighted by Crippen LogP contribution is -2.28. The first-order valence-electron chi connectivity index (χ1n) is 8.04. The highest BCUT2D eigenvalue weighted by atomic mass is 16.5. The molecule has 2 saturated carbocycles. The normalized spacial score (nSPS) is 29.6. The van der Waals surface area contributed by atoms with E-state index in [1.807, 2.05) is 0 Å². The van der Waals surface area contributed by atoms with Crippen LogP contribution in [0.4, 0.5) is 0 Å². The first kappa shape index (κ1) is 13.9. The van der Waals surface area contributed by atoms with Crippen LogP contribution in [0.5, 0.6) is 5.75 Å². The van der Waals surface area contributed by atoms with Crippen LogP contribution in [0.2, 0.25) is 0 Å². The van der Waals surface area contributed by atoms with Crippen LogP contribution in [0.15, 0.2) is 18.2 Å². The average molecular weight is 273 g/mol. The van der Waals surface area contributed by atoms with Gasteiger partial charge in [0.2, 0.25) is 0 Å². The zero-order valence-electron chi connectivity index (χ0n) is 12.8. The van der Waals surface area contributed by atoms with Crippen LogP contribution in [0.25, 0.3) is 0 Å². The lowest BCUT2D eigenvalue weighted by Gasteiger charge is -2.25. The minimum absolute atomic E-state index is 0.273. The van der Waals surface area contributed by atoms with Crippen LogP contribution in [0, 0.1) is 24.7 Å². The Kier molecular flexibility index (Phi) is 4.02. The van der Waals surface area contributed by atoms with Gasteiger partial charge >= 0.3 is 0 Å². The highest BCUT2D eigenvalue weighted by molar-refractivity contribution is 5.37. The molecule has 2 fully saturated rings. The molecule has 3 rings (SSSR count). The van der Waals surface area contributed by atoms with E-state index in [0.717, 1.165) is 29.9 Å². The van der Waals surface area contributed by atoms with Gasteiger partial charge < -0.3 is 10.5 Å². The number of methoxy groups -OCH3 is 1. The molecule has 0 saturated heterocycles. The highest BCUT2D eigenvalue weighted by Gasteiger charge is 2.39. The lowest BCUT2D eigenvalue weighted by molar-refractivity contribution is 0.293. The first-order chi connectivity index (χ1) is 9.65. The van der Waals surface area contributed by atoms with E-state index in [1.54, 1.807) is 7.11 Å². The Morgan fingerprint density at radius 1 is 1.30 bits per heavy atom. The van der Waals surface area contributed by atoms with Crippen molar-refractivity contribution in [1.29, 1.82) is 0 Å². The zero-order chi connectivity index (χ0) is 14.1. The average Bonchev–Trinajstić information content (AvgIpc) is 3.01. The molecular weight excluding hydrogens is 246 g/mol. The fourth-order valence-corrected chi connectivity index (χ4v) is 4.49. The maximum atomic E-state index is 6.44. The van der Waals surface area contributed by atoms with Gasteiger partial charge in [-0.15, -0.1) is 0 Å². The van der Waals surface area contributed by atoms with E-state index in [9.17, 15) is 0 Å². The smallest absolute Gasteiger partial charge is 0.122 e. The number of nitrogens with two attached hydrogens (primary N) is 1. The molecule has 1 aromatic carbocycles. The topological polar surface area (TPSA) is 35.2 Å². The molecule has 2 N–H and O–H groups in total. The minimum atomic E-state index is 0.273. The molecule has 0 spiro atoms. The number of rotatable bonds is 5. The molecule has 0 amide bonds. The summed E-state index contributed by atoms with van der Waals surface area (Å²) in [6, 6.07) is 6.66. The van der Waals surface area contributed by atoms with E-state index < -0.39 is 0 Å². The van der Waals surface area contributed by atoms with Gasteiger partial charge in [0.15, 0.2) is 0 Å². The summed E-state index contributed by atoms with van der Waals surface area (Å²) in [4.78, 5) is 0. The monoisotopic (exact) mass is 273 g/mol. The summed E-state index contributed by atoms with van der Waals surface area (Å²) in [5, 5.41) is 0. The second kappa shape index (κ2) is 5.77. The van der Waals surface area contributed by atoms with Gasteiger partial charge in [0, 0.05) is 6.04 Å². The predicted molar refractivity (Wildman–Crippen MR) is 83.0 cm³/mol. The van der Waals surface area contributed by atoms with Crippen molar-refractivity contribution in [2.45, 2.75) is 51.5 Å². The third kappa shape index (κ3) is 2.85. The van der Waals surface area contributed by atoms with Crippen LogP contribution < -0.4 is 10.5 Å². The van der Waals surface area contributed by atoms with E-state index in [2.05, 4.69) is 25.1 Å². The fourth-order valence-electron chi connectivity index (χ4n) is 4.49. The van der Waals surface area contributed by atoms with Crippen LogP contribution in [-0.4, -0.2) is 13.2 Å². The van der Waals surface area contributed by atoms with Gasteiger partial charge in [-0.3, -0.25) is 0 Å². The molecule has 2 aliphatic rings. The second-order valence-electron chi connectivity index (χ2n) is 6.95. The standard InChI is InChI=1S/C18H27NO/c1-12-3-6-18(20-2)16(7-12)11-17(19)10-15-9-13-4-5-14(15)8-13/h3,6-7,13-15,17H,4-5,8-11,19H2,1-2H3. The Balaban J connectivity index is 1.61. The summed E-state index contributed by atoms with van der Waals surface area (Å²) >= 11 is 0. The van der Waals surface area contributed by atoms with E-state index in [1.165, 1.54) is 43.2 Å². The van der Waals surface area contributed by atoms with Gasteiger partial charge in [0.05, 0.1) is 7.11 Å². The van der Waals surface area contributed by atoms with Gasteiger partial charge in [-0.05, 0) is 68.4 Å². The van der Waals surface area contributed by atoms with Crippen molar-refractivity contribution in [3.05, 3.63) is 29.3 Å². The molecule has 110 valence electrons. The molecule has 20 heavy (non-hydrogen) atoms. The molecule has 0 radical (unpaired) electrons. The predicted octanol–water partition coefficient (Wildman–Crippen LogP) is 3.70. The summed E-state index contributed by atoms with van der Waals surface area (Å²) in [6.07, 6.45) is 7.98. The molecule has 2 aliphatic carbocycles. The van der Waals surface area contributed by atoms with E-state index in [-0.39, 0.29) is 6.04 Å². The Bertz CT molecular complexity index is 470. The van der Waals surface area contributed by atoms with E-state index in [4.69, 9.17) is 10.5 Å². The third-order valence-corrected chi connectivity index (χ3v) is 5.41. The largest absolute Gasteiger partial charge is 0.496 e. The van der Waals surface area contributed by atoms with E-state index >= 15 is 0 Å². The van der Waals surface area contributed by atoms with Crippen molar-refractivity contribution >= 4 is 0 Å². The van der Waals surface area contributed by atoms with Crippen molar-refractivity contribution < 1.29 is 4.74 Å². The summed E-state index contributed by atoms with van der Waals surface area (Å²) in [5.41, 5.74) is 8.99. The summed E-state index contributed by atoms with van der Waals surface area (Å²) < 4.78 is 5.46. The number of aryl methyl sites for hydroxylation is 1. The molecule has 0 heterocycles. The SMILES string of the molecule is COc1ccc(C)cc1CC(N)CC1CC2CCC1C2. The Morgan fingerprint density at radius 2 is 2.15 bits per heavy atom.